The Balaban J connectivity index is 1.83. The molecule has 0 N–H and O–H groups in total. The maximum atomic E-state index is 5.75. The van der Waals surface area contributed by atoms with Crippen LogP contribution < -0.4 is 29.8 Å². The lowest BCUT2D eigenvalue weighted by Crippen LogP contribution is -2.51. The summed E-state index contributed by atoms with van der Waals surface area (Å²) in [7, 11) is 3.30. The fourth-order valence-corrected chi connectivity index (χ4v) is 6.46. The Labute approximate surface area is 203 Å². The van der Waals surface area contributed by atoms with Crippen LogP contribution in [0.4, 0.5) is 0 Å². The molecule has 182 valence electrons. The lowest BCUT2D eigenvalue weighted by Gasteiger charge is -2.19. The van der Waals surface area contributed by atoms with Gasteiger partial charge in [-0.2, -0.15) is 0 Å². The van der Waals surface area contributed by atoms with Gasteiger partial charge in [0.25, 0.3) is 0 Å². The minimum atomic E-state index is -1.71. The molecule has 0 heterocycles. The molecule has 0 aliphatic rings. The highest BCUT2D eigenvalue weighted by Gasteiger charge is 2.19. The third-order valence-corrected chi connectivity index (χ3v) is 8.46. The Hall–Kier alpha value is -2.84. The van der Waals surface area contributed by atoms with Gasteiger partial charge in [0.15, 0.2) is 0 Å². The van der Waals surface area contributed by atoms with Crippen molar-refractivity contribution in [1.29, 1.82) is 0 Å². The molecule has 3 rings (SSSR count). The molecule has 7 heteroatoms. The molecule has 0 aromatic heterocycles. The number of methoxy groups -OCH3 is 3. The van der Waals surface area contributed by atoms with E-state index in [0.29, 0.717) is 39.6 Å². The molecule has 0 amide bonds. The van der Waals surface area contributed by atoms with Gasteiger partial charge in [0, 0.05) is 21.3 Å². The van der Waals surface area contributed by atoms with Gasteiger partial charge in [-0.15, -0.1) is 0 Å². The molecule has 0 saturated heterocycles. The van der Waals surface area contributed by atoms with Crippen LogP contribution in [0.1, 0.15) is 0 Å². The zero-order chi connectivity index (χ0) is 24.0. The molecular formula is C27H34O6Si. The van der Waals surface area contributed by atoms with Gasteiger partial charge in [-0.3, -0.25) is 0 Å². The first-order chi connectivity index (χ1) is 16.7. The van der Waals surface area contributed by atoms with E-state index in [-0.39, 0.29) is 0 Å². The molecule has 0 saturated carbocycles. The molecule has 34 heavy (non-hydrogen) atoms. The number of hydrogen-bond donors (Lipinski definition) is 0. The fourth-order valence-electron chi connectivity index (χ4n) is 3.58. The summed E-state index contributed by atoms with van der Waals surface area (Å²) in [6, 6.07) is 25.3. The van der Waals surface area contributed by atoms with E-state index in [1.165, 1.54) is 15.6 Å². The molecule has 0 radical (unpaired) electrons. The molecule has 0 spiro atoms. The molecule has 0 bridgehead atoms. The molecule has 6 nitrogen and oxygen atoms in total. The largest absolute Gasteiger partial charge is 0.491 e. The van der Waals surface area contributed by atoms with Crippen LogP contribution in [0.25, 0.3) is 0 Å². The smallest absolute Gasteiger partial charge is 0.132 e. The van der Waals surface area contributed by atoms with Crippen molar-refractivity contribution >= 4 is 24.4 Å². The first kappa shape index (κ1) is 25.8. The minimum absolute atomic E-state index is 0.534. The predicted molar refractivity (Wildman–Crippen MR) is 137 cm³/mol. The number of ether oxygens (including phenoxy) is 6. The van der Waals surface area contributed by atoms with E-state index in [1.807, 2.05) is 36.4 Å². The van der Waals surface area contributed by atoms with Crippen LogP contribution in [-0.2, 0) is 14.2 Å². The standard InChI is InChI=1S/C27H34O6Si/c1-28-16-19-31-22-4-10-25(11-5-22)34(26-12-6-23(7-13-26)32-20-17-29-2)27-14-8-24(9-15-27)33-21-18-30-3/h4-15,34H,16-21H2,1-3H3. The first-order valence-corrected chi connectivity index (χ1v) is 13.1. The van der Waals surface area contributed by atoms with Crippen molar-refractivity contribution in [3.63, 3.8) is 0 Å². The van der Waals surface area contributed by atoms with Crippen LogP contribution in [0.2, 0.25) is 0 Å². The first-order valence-electron chi connectivity index (χ1n) is 11.4. The molecule has 0 unspecified atom stereocenters. The third kappa shape index (κ3) is 7.88. The lowest BCUT2D eigenvalue weighted by atomic mass is 10.3. The number of hydrogen-bond acceptors (Lipinski definition) is 6. The molecule has 0 atom stereocenters. The quantitative estimate of drug-likeness (QED) is 0.188. The SMILES string of the molecule is COCCOc1ccc([SiH](c2ccc(OCCOC)cc2)c2ccc(OCCOC)cc2)cc1. The van der Waals surface area contributed by atoms with Crippen molar-refractivity contribution in [3.05, 3.63) is 72.8 Å². The molecule has 0 aliphatic heterocycles. The van der Waals surface area contributed by atoms with Crippen LogP contribution in [0.3, 0.4) is 0 Å². The highest BCUT2D eigenvalue weighted by Crippen LogP contribution is 2.12. The molecule has 0 fully saturated rings. The Kier molecular flexibility index (Phi) is 10.9. The average molecular weight is 483 g/mol. The maximum absolute atomic E-state index is 5.75. The second-order valence-corrected chi connectivity index (χ2v) is 10.5. The third-order valence-electron chi connectivity index (χ3n) is 5.31. The highest BCUT2D eigenvalue weighted by molar-refractivity contribution is 6.95. The monoisotopic (exact) mass is 482 g/mol. The van der Waals surface area contributed by atoms with Crippen LogP contribution in [0.5, 0.6) is 17.2 Å². The van der Waals surface area contributed by atoms with E-state index in [4.69, 9.17) is 28.4 Å². The van der Waals surface area contributed by atoms with Gasteiger partial charge in [0.1, 0.15) is 45.9 Å². The summed E-state index contributed by atoms with van der Waals surface area (Å²) >= 11 is 0. The van der Waals surface area contributed by atoms with Crippen molar-refractivity contribution in [2.75, 3.05) is 61.0 Å². The summed E-state index contributed by atoms with van der Waals surface area (Å²) < 4.78 is 32.5. The fraction of sp³-hybridized carbons (Fsp3) is 0.333. The maximum Gasteiger partial charge on any atom is 0.132 e. The van der Waals surface area contributed by atoms with Crippen LogP contribution in [0.15, 0.2) is 72.8 Å². The Bertz CT molecular complexity index is 817. The van der Waals surface area contributed by atoms with Gasteiger partial charge in [-0.25, -0.2) is 0 Å². The summed E-state index contributed by atoms with van der Waals surface area (Å²) in [6.07, 6.45) is 0. The van der Waals surface area contributed by atoms with Crippen LogP contribution in [0, 0.1) is 0 Å². The van der Waals surface area contributed by atoms with Gasteiger partial charge in [0.2, 0.25) is 0 Å². The van der Waals surface area contributed by atoms with Crippen molar-refractivity contribution in [3.8, 4) is 17.2 Å². The molecule has 3 aromatic carbocycles. The van der Waals surface area contributed by atoms with Crippen molar-refractivity contribution < 1.29 is 28.4 Å². The second kappa shape index (κ2) is 14.4. The van der Waals surface area contributed by atoms with Gasteiger partial charge >= 0.3 is 0 Å². The van der Waals surface area contributed by atoms with Crippen molar-refractivity contribution in [2.45, 2.75) is 0 Å². The zero-order valence-corrected chi connectivity index (χ0v) is 21.4. The summed E-state index contributed by atoms with van der Waals surface area (Å²) in [4.78, 5) is 0. The Morgan fingerprint density at radius 1 is 0.412 bits per heavy atom. The normalized spacial score (nSPS) is 10.9. The van der Waals surface area contributed by atoms with Crippen molar-refractivity contribution in [2.24, 2.45) is 0 Å². The topological polar surface area (TPSA) is 55.4 Å². The Morgan fingerprint density at radius 3 is 0.912 bits per heavy atom. The second-order valence-electron chi connectivity index (χ2n) is 7.66. The molecule has 0 aliphatic carbocycles. The van der Waals surface area contributed by atoms with Gasteiger partial charge < -0.3 is 28.4 Å². The Morgan fingerprint density at radius 2 is 0.676 bits per heavy atom. The highest BCUT2D eigenvalue weighted by atomic mass is 28.3. The van der Waals surface area contributed by atoms with E-state index < -0.39 is 8.80 Å². The predicted octanol–water partition coefficient (Wildman–Crippen LogP) is 2.01. The van der Waals surface area contributed by atoms with Gasteiger partial charge in [-0.05, 0) is 36.4 Å². The van der Waals surface area contributed by atoms with E-state index in [9.17, 15) is 0 Å². The summed E-state index contributed by atoms with van der Waals surface area (Å²) in [5, 5.41) is 3.92. The van der Waals surface area contributed by atoms with Crippen molar-refractivity contribution in [1.82, 2.24) is 0 Å². The minimum Gasteiger partial charge on any atom is -0.491 e. The average Bonchev–Trinajstić information content (AvgIpc) is 2.87. The lowest BCUT2D eigenvalue weighted by molar-refractivity contribution is 0.146. The zero-order valence-electron chi connectivity index (χ0n) is 20.2. The summed E-state index contributed by atoms with van der Waals surface area (Å²) in [6.45, 7) is 3.30. The molecular weight excluding hydrogens is 448 g/mol. The summed E-state index contributed by atoms with van der Waals surface area (Å²) in [5.41, 5.74) is 0. The van der Waals surface area contributed by atoms with E-state index in [1.54, 1.807) is 21.3 Å². The van der Waals surface area contributed by atoms with E-state index in [2.05, 4.69) is 36.4 Å². The van der Waals surface area contributed by atoms with Gasteiger partial charge in [0.05, 0.1) is 19.8 Å². The van der Waals surface area contributed by atoms with Crippen LogP contribution >= 0.6 is 0 Å². The molecule has 3 aromatic rings. The van der Waals surface area contributed by atoms with E-state index >= 15 is 0 Å². The van der Waals surface area contributed by atoms with Gasteiger partial charge in [-0.1, -0.05) is 52.0 Å². The van der Waals surface area contributed by atoms with Crippen LogP contribution in [-0.4, -0.2) is 69.8 Å². The number of benzene rings is 3. The van der Waals surface area contributed by atoms with E-state index in [0.717, 1.165) is 17.2 Å². The summed E-state index contributed by atoms with van der Waals surface area (Å²) in [5.74, 6) is 2.53. The number of rotatable bonds is 15.